The molecule has 15 nitrogen and oxygen atoms in total. The van der Waals surface area contributed by atoms with Crippen molar-refractivity contribution in [3.63, 3.8) is 0 Å². The molecular formula is C42H45F2N7O8S. The second-order valence-electron chi connectivity index (χ2n) is 16.0. The van der Waals surface area contributed by atoms with Gasteiger partial charge >= 0.3 is 0 Å². The number of hydrogen-bond donors (Lipinski definition) is 2. The molecule has 18 heteroatoms. The van der Waals surface area contributed by atoms with Crippen LogP contribution in [-0.4, -0.2) is 127 Å². The Kier molecular flexibility index (Phi) is 10.7. The van der Waals surface area contributed by atoms with E-state index in [1.165, 1.54) is 10.6 Å². The van der Waals surface area contributed by atoms with E-state index < -0.39 is 54.1 Å². The van der Waals surface area contributed by atoms with Crippen molar-refractivity contribution in [1.82, 2.24) is 29.9 Å². The van der Waals surface area contributed by atoms with Crippen LogP contribution >= 0.6 is 11.3 Å². The highest BCUT2D eigenvalue weighted by Gasteiger charge is 2.51. The van der Waals surface area contributed by atoms with Crippen LogP contribution in [0, 0.1) is 0 Å². The summed E-state index contributed by atoms with van der Waals surface area (Å²) in [6.45, 7) is 0.956. The number of methoxy groups -OCH3 is 2. The summed E-state index contributed by atoms with van der Waals surface area (Å²) in [4.78, 5) is 84.4. The van der Waals surface area contributed by atoms with Crippen molar-refractivity contribution in [2.24, 2.45) is 7.05 Å². The number of piperidine rings is 2. The Morgan fingerprint density at radius 3 is 2.28 bits per heavy atom. The molecule has 8 rings (SSSR count). The van der Waals surface area contributed by atoms with E-state index in [9.17, 15) is 28.8 Å². The lowest BCUT2D eigenvalue weighted by atomic mass is 10.0. The van der Waals surface area contributed by atoms with Gasteiger partial charge in [0, 0.05) is 67.8 Å². The Morgan fingerprint density at radius 2 is 1.63 bits per heavy atom. The van der Waals surface area contributed by atoms with Crippen molar-refractivity contribution in [3.8, 4) is 22.6 Å². The third kappa shape index (κ3) is 7.29. The molecule has 2 aromatic heterocycles. The smallest absolute Gasteiger partial charge is 0.281 e. The summed E-state index contributed by atoms with van der Waals surface area (Å²) in [5, 5.41) is 5.06. The fraction of sp³-hybridized carbons (Fsp3) is 0.429. The van der Waals surface area contributed by atoms with Crippen LogP contribution in [0.25, 0.3) is 21.2 Å². The number of pyridine rings is 1. The monoisotopic (exact) mass is 845 g/mol. The number of aromatic nitrogens is 1. The molecule has 4 aliphatic rings. The topological polar surface area (TPSA) is 163 Å². The predicted molar refractivity (Wildman–Crippen MR) is 219 cm³/mol. The minimum Gasteiger partial charge on any atom is -0.496 e. The lowest BCUT2D eigenvalue weighted by molar-refractivity contribution is -0.136. The number of benzene rings is 2. The molecule has 3 saturated heterocycles. The SMILES string of the molecule is COc1cc(-c2cn(C)c(=O)c3cc(C(=O)NC4CN(C5CCN(c6ccc7c(c6)C(=O)N(C6CCC(=O)NC6=O)C7=O)CC5)CC4(F)F)sc23)cc(OC)c1CN(C)C. The molecule has 6 heterocycles. The third-order valence-electron chi connectivity index (χ3n) is 11.9. The van der Waals surface area contributed by atoms with Crippen LogP contribution in [0.3, 0.4) is 0 Å². The van der Waals surface area contributed by atoms with Gasteiger partial charge in [0.2, 0.25) is 11.8 Å². The molecule has 2 unspecified atom stereocenters. The minimum absolute atomic E-state index is 0.0239. The molecule has 60 heavy (non-hydrogen) atoms. The Bertz CT molecular complexity index is 2490. The maximum absolute atomic E-state index is 15.6. The lowest BCUT2D eigenvalue weighted by Crippen LogP contribution is -2.54. The van der Waals surface area contributed by atoms with Gasteiger partial charge in [0.15, 0.2) is 0 Å². The fourth-order valence-electron chi connectivity index (χ4n) is 8.80. The number of rotatable bonds is 10. The summed E-state index contributed by atoms with van der Waals surface area (Å²) in [6.07, 6.45) is 2.84. The highest BCUT2D eigenvalue weighted by molar-refractivity contribution is 7.21. The van der Waals surface area contributed by atoms with Gasteiger partial charge in [-0.3, -0.25) is 43.9 Å². The number of thiophene rings is 1. The fourth-order valence-corrected chi connectivity index (χ4v) is 9.88. The molecule has 4 aromatic rings. The van der Waals surface area contributed by atoms with Crippen LogP contribution in [0.2, 0.25) is 0 Å². The van der Waals surface area contributed by atoms with Gasteiger partial charge in [-0.2, -0.15) is 0 Å². The number of carbonyl (C=O) groups excluding carboxylic acids is 5. The third-order valence-corrected chi connectivity index (χ3v) is 13.0. The van der Waals surface area contributed by atoms with Gasteiger partial charge in [0.05, 0.1) is 47.7 Å². The van der Waals surface area contributed by atoms with E-state index >= 15 is 8.78 Å². The van der Waals surface area contributed by atoms with Gasteiger partial charge < -0.3 is 29.2 Å². The number of aryl methyl sites for hydroxylation is 1. The van der Waals surface area contributed by atoms with Crippen molar-refractivity contribution in [2.45, 2.75) is 56.3 Å². The van der Waals surface area contributed by atoms with Crippen LogP contribution < -0.4 is 30.6 Å². The van der Waals surface area contributed by atoms with Gasteiger partial charge in [-0.1, -0.05) is 0 Å². The average Bonchev–Trinajstić information content (AvgIpc) is 3.87. The Labute approximate surface area is 347 Å². The standard InChI is InChI=1S/C42H45F2N7O8S/c1-47(2)18-29-31(58-4)14-22(15-32(29)59-5)28-19-48(3)39(55)27-17-33(60-36(27)28)38(54)45-34-20-50(21-42(34,43)44)23-10-12-49(13-11-23)24-6-7-25-26(16-24)41(57)51(40(25)56)30-8-9-35(52)46-37(30)53/h6-7,14-17,19,23,30,34H,8-13,18,20-21H2,1-5H3,(H,45,54)(H,46,52,53). The molecule has 3 fully saturated rings. The van der Waals surface area contributed by atoms with Gasteiger partial charge in [-0.25, -0.2) is 8.78 Å². The van der Waals surface area contributed by atoms with Crippen LogP contribution in [-0.2, 0) is 23.2 Å². The van der Waals surface area contributed by atoms with Crippen molar-refractivity contribution >= 4 is 56.6 Å². The molecule has 0 saturated carbocycles. The maximum atomic E-state index is 15.6. The first-order chi connectivity index (χ1) is 28.6. The Hall–Kier alpha value is -5.72. The van der Waals surface area contributed by atoms with Crippen LogP contribution in [0.4, 0.5) is 14.5 Å². The van der Waals surface area contributed by atoms with Crippen LogP contribution in [0.5, 0.6) is 11.5 Å². The molecule has 0 bridgehead atoms. The van der Waals surface area contributed by atoms with E-state index in [-0.39, 0.29) is 52.4 Å². The summed E-state index contributed by atoms with van der Waals surface area (Å²) in [5.41, 5.74) is 2.91. The Morgan fingerprint density at radius 1 is 0.950 bits per heavy atom. The van der Waals surface area contributed by atoms with Crippen molar-refractivity contribution in [2.75, 3.05) is 59.4 Å². The zero-order valence-corrected chi connectivity index (χ0v) is 34.6. The summed E-state index contributed by atoms with van der Waals surface area (Å²) < 4.78 is 44.7. The normalized spacial score (nSPS) is 20.9. The van der Waals surface area contributed by atoms with Gasteiger partial charge in [0.25, 0.3) is 29.2 Å². The van der Waals surface area contributed by atoms with Gasteiger partial charge in [0.1, 0.15) is 23.6 Å². The number of hydrogen-bond acceptors (Lipinski definition) is 12. The summed E-state index contributed by atoms with van der Waals surface area (Å²) in [6, 6.07) is 7.37. The molecule has 0 aliphatic carbocycles. The first kappa shape index (κ1) is 41.0. The number of anilines is 1. The molecule has 2 atom stereocenters. The summed E-state index contributed by atoms with van der Waals surface area (Å²) in [7, 11) is 8.61. The van der Waals surface area contributed by atoms with E-state index in [1.54, 1.807) is 50.6 Å². The molecule has 4 aliphatic heterocycles. The number of amides is 5. The second-order valence-corrected chi connectivity index (χ2v) is 17.1. The van der Waals surface area contributed by atoms with Crippen molar-refractivity contribution in [3.05, 3.63) is 74.5 Å². The summed E-state index contributed by atoms with van der Waals surface area (Å²) >= 11 is 1.07. The molecule has 2 aromatic carbocycles. The highest BCUT2D eigenvalue weighted by atomic mass is 32.1. The van der Waals surface area contributed by atoms with Crippen LogP contribution in [0.15, 0.2) is 47.4 Å². The second kappa shape index (κ2) is 15.7. The number of halogens is 2. The van der Waals surface area contributed by atoms with E-state index in [0.29, 0.717) is 65.5 Å². The Balaban J connectivity index is 0.944. The van der Waals surface area contributed by atoms with Crippen molar-refractivity contribution < 1.29 is 42.2 Å². The average molecular weight is 846 g/mol. The maximum Gasteiger partial charge on any atom is 0.281 e. The first-order valence-electron chi connectivity index (χ1n) is 19.6. The number of nitrogens with zero attached hydrogens (tertiary/aromatic N) is 5. The van der Waals surface area contributed by atoms with Gasteiger partial charge in [-0.15, -0.1) is 11.3 Å². The van der Waals surface area contributed by atoms with Crippen LogP contribution in [0.1, 0.15) is 61.6 Å². The van der Waals surface area contributed by atoms with E-state index in [0.717, 1.165) is 21.8 Å². The number of nitrogens with one attached hydrogen (secondary N) is 2. The van der Waals surface area contributed by atoms with Gasteiger partial charge in [-0.05, 0) is 75.3 Å². The lowest BCUT2D eigenvalue weighted by Gasteiger charge is -2.37. The first-order valence-corrected chi connectivity index (χ1v) is 20.5. The van der Waals surface area contributed by atoms with Crippen molar-refractivity contribution in [1.29, 1.82) is 0 Å². The minimum atomic E-state index is -3.21. The molecule has 0 spiro atoms. The molecule has 316 valence electrons. The zero-order chi connectivity index (χ0) is 42.8. The van der Waals surface area contributed by atoms with E-state index in [4.69, 9.17) is 9.47 Å². The number of carbonyl (C=O) groups is 5. The van der Waals surface area contributed by atoms with E-state index in [2.05, 4.69) is 10.6 Å². The number of fused-ring (bicyclic) bond motifs is 2. The number of alkyl halides is 2. The number of ether oxygens (including phenoxy) is 2. The summed E-state index contributed by atoms with van der Waals surface area (Å²) in [5.74, 6) is -5.04. The predicted octanol–water partition coefficient (Wildman–Crippen LogP) is 3.47. The van der Waals surface area contributed by atoms with E-state index in [1.807, 2.05) is 36.0 Å². The largest absolute Gasteiger partial charge is 0.496 e. The number of likely N-dealkylation sites (tertiary alicyclic amines) is 1. The zero-order valence-electron chi connectivity index (χ0n) is 33.8. The molecule has 0 radical (unpaired) electrons. The molecular weight excluding hydrogens is 801 g/mol. The highest BCUT2D eigenvalue weighted by Crippen LogP contribution is 2.41. The number of imide groups is 2. The quantitative estimate of drug-likeness (QED) is 0.225. The molecule has 5 amide bonds. The molecule has 2 N–H and O–H groups in total.